The molecule has 1 aromatic rings. The largest absolute Gasteiger partial charge is 0.396 e. The molecular weight excluding hydrogens is 203 g/mol. The van der Waals surface area contributed by atoms with Gasteiger partial charge >= 0.3 is 0 Å². The van der Waals surface area contributed by atoms with Crippen LogP contribution < -0.4 is 0 Å². The number of halogens is 2. The monoisotopic (exact) mass is 214 g/mol. The van der Waals surface area contributed by atoms with E-state index in [0.29, 0.717) is 0 Å². The summed E-state index contributed by atoms with van der Waals surface area (Å²) in [7, 11) is 0. The zero-order chi connectivity index (χ0) is 10.2. The second kappa shape index (κ2) is 3.52. The van der Waals surface area contributed by atoms with Crippen molar-refractivity contribution < 1.29 is 9.50 Å². The molecule has 1 aliphatic carbocycles. The molecule has 76 valence electrons. The maximum Gasteiger partial charge on any atom is 0.142 e. The van der Waals surface area contributed by atoms with Crippen LogP contribution in [0.3, 0.4) is 0 Å². The first-order valence-electron chi connectivity index (χ1n) is 4.70. The standard InChI is InChI=1S/C11H12ClFO/c12-9-2-1-8(5-10(9)13)6-11(7-14)3-4-11/h1-2,5,14H,3-4,6-7H2. The molecule has 0 amide bonds. The Balaban J connectivity index is 2.14. The molecule has 0 unspecified atom stereocenters. The highest BCUT2D eigenvalue weighted by atomic mass is 35.5. The molecule has 0 radical (unpaired) electrons. The third-order valence-corrected chi connectivity index (χ3v) is 3.16. The van der Waals surface area contributed by atoms with Crippen LogP contribution in [-0.2, 0) is 6.42 Å². The molecule has 0 heterocycles. The van der Waals surface area contributed by atoms with Gasteiger partial charge in [-0.15, -0.1) is 0 Å². The van der Waals surface area contributed by atoms with Crippen molar-refractivity contribution in [3.8, 4) is 0 Å². The van der Waals surface area contributed by atoms with Crippen LogP contribution in [0.15, 0.2) is 18.2 Å². The minimum Gasteiger partial charge on any atom is -0.396 e. The predicted molar refractivity (Wildman–Crippen MR) is 53.9 cm³/mol. The zero-order valence-corrected chi connectivity index (χ0v) is 8.52. The molecule has 14 heavy (non-hydrogen) atoms. The summed E-state index contributed by atoms with van der Waals surface area (Å²) in [5.41, 5.74) is 0.943. The van der Waals surface area contributed by atoms with Gasteiger partial charge in [0.1, 0.15) is 5.82 Å². The van der Waals surface area contributed by atoms with Crippen LogP contribution in [0.2, 0.25) is 5.02 Å². The number of benzene rings is 1. The van der Waals surface area contributed by atoms with E-state index in [4.69, 9.17) is 16.7 Å². The Hall–Kier alpha value is -0.600. The van der Waals surface area contributed by atoms with E-state index in [1.54, 1.807) is 6.07 Å². The van der Waals surface area contributed by atoms with Gasteiger partial charge in [-0.25, -0.2) is 4.39 Å². The van der Waals surface area contributed by atoms with Gasteiger partial charge in [0, 0.05) is 6.61 Å². The molecule has 0 aromatic heterocycles. The fourth-order valence-electron chi connectivity index (χ4n) is 1.65. The van der Waals surface area contributed by atoms with Gasteiger partial charge in [-0.3, -0.25) is 0 Å². The van der Waals surface area contributed by atoms with E-state index >= 15 is 0 Å². The van der Waals surface area contributed by atoms with Crippen LogP contribution in [0.5, 0.6) is 0 Å². The Morgan fingerprint density at radius 1 is 1.43 bits per heavy atom. The van der Waals surface area contributed by atoms with Crippen molar-refractivity contribution in [2.24, 2.45) is 5.41 Å². The Labute approximate surface area is 87.5 Å². The second-order valence-electron chi connectivity index (χ2n) is 4.08. The van der Waals surface area contributed by atoms with Gasteiger partial charge in [-0.05, 0) is 42.4 Å². The molecule has 0 bridgehead atoms. The van der Waals surface area contributed by atoms with Crippen LogP contribution >= 0.6 is 11.6 Å². The Morgan fingerprint density at radius 2 is 2.14 bits per heavy atom. The minimum atomic E-state index is -0.377. The first-order chi connectivity index (χ1) is 6.65. The maximum atomic E-state index is 13.1. The molecule has 1 N–H and O–H groups in total. The average molecular weight is 215 g/mol. The number of aliphatic hydroxyl groups excluding tert-OH is 1. The van der Waals surface area contributed by atoms with Crippen LogP contribution in [-0.4, -0.2) is 11.7 Å². The van der Waals surface area contributed by atoms with Gasteiger partial charge in [-0.2, -0.15) is 0 Å². The lowest BCUT2D eigenvalue weighted by Gasteiger charge is -2.11. The lowest BCUT2D eigenvalue weighted by Crippen LogP contribution is -2.10. The van der Waals surface area contributed by atoms with Gasteiger partial charge in [0.05, 0.1) is 5.02 Å². The highest BCUT2D eigenvalue weighted by Gasteiger charge is 2.41. The quantitative estimate of drug-likeness (QED) is 0.821. The number of hydrogen-bond acceptors (Lipinski definition) is 1. The van der Waals surface area contributed by atoms with Gasteiger partial charge in [0.25, 0.3) is 0 Å². The SMILES string of the molecule is OCC1(Cc2ccc(Cl)c(F)c2)CC1. The summed E-state index contributed by atoms with van der Waals surface area (Å²) < 4.78 is 13.1. The van der Waals surface area contributed by atoms with Crippen LogP contribution in [0.4, 0.5) is 4.39 Å². The Kier molecular flexibility index (Phi) is 2.50. The summed E-state index contributed by atoms with van der Waals surface area (Å²) in [6, 6.07) is 4.85. The third-order valence-electron chi connectivity index (χ3n) is 2.86. The molecule has 0 aliphatic heterocycles. The van der Waals surface area contributed by atoms with E-state index in [2.05, 4.69) is 0 Å². The molecular formula is C11H12ClFO. The van der Waals surface area contributed by atoms with Gasteiger partial charge in [0.15, 0.2) is 0 Å². The van der Waals surface area contributed by atoms with E-state index < -0.39 is 0 Å². The van der Waals surface area contributed by atoms with E-state index in [0.717, 1.165) is 24.8 Å². The third kappa shape index (κ3) is 1.91. The van der Waals surface area contributed by atoms with E-state index in [-0.39, 0.29) is 22.9 Å². The number of aliphatic hydroxyl groups is 1. The van der Waals surface area contributed by atoms with Crippen LogP contribution in [0.1, 0.15) is 18.4 Å². The molecule has 1 nitrogen and oxygen atoms in total. The molecule has 0 atom stereocenters. The highest BCUT2D eigenvalue weighted by molar-refractivity contribution is 6.30. The highest BCUT2D eigenvalue weighted by Crippen LogP contribution is 2.47. The first kappa shape index (κ1) is 9.94. The lowest BCUT2D eigenvalue weighted by atomic mass is 9.97. The zero-order valence-electron chi connectivity index (χ0n) is 7.76. The van der Waals surface area contributed by atoms with Crippen molar-refractivity contribution in [3.63, 3.8) is 0 Å². The molecule has 1 saturated carbocycles. The molecule has 3 heteroatoms. The fourth-order valence-corrected chi connectivity index (χ4v) is 1.77. The first-order valence-corrected chi connectivity index (χ1v) is 5.08. The summed E-state index contributed by atoms with van der Waals surface area (Å²) >= 11 is 5.58. The maximum absolute atomic E-state index is 13.1. The number of hydrogen-bond donors (Lipinski definition) is 1. The van der Waals surface area contributed by atoms with Crippen LogP contribution in [0, 0.1) is 11.2 Å². The van der Waals surface area contributed by atoms with Gasteiger partial charge in [0.2, 0.25) is 0 Å². The van der Waals surface area contributed by atoms with Crippen molar-refractivity contribution >= 4 is 11.6 Å². The Bertz CT molecular complexity index is 347. The van der Waals surface area contributed by atoms with Crippen molar-refractivity contribution in [1.29, 1.82) is 0 Å². The molecule has 2 rings (SSSR count). The smallest absolute Gasteiger partial charge is 0.142 e. The van der Waals surface area contributed by atoms with Gasteiger partial charge in [-0.1, -0.05) is 17.7 Å². The summed E-state index contributed by atoms with van der Waals surface area (Å²) in [6.07, 6.45) is 2.82. The Morgan fingerprint density at radius 3 is 2.64 bits per heavy atom. The average Bonchev–Trinajstić information content (AvgIpc) is 2.93. The van der Waals surface area contributed by atoms with Crippen molar-refractivity contribution in [3.05, 3.63) is 34.6 Å². The fraction of sp³-hybridized carbons (Fsp3) is 0.455. The van der Waals surface area contributed by atoms with Crippen LogP contribution in [0.25, 0.3) is 0 Å². The predicted octanol–water partition coefficient (Wildman–Crippen LogP) is 2.79. The molecule has 0 saturated heterocycles. The normalized spacial score (nSPS) is 18.2. The topological polar surface area (TPSA) is 20.2 Å². The van der Waals surface area contributed by atoms with Crippen molar-refractivity contribution in [1.82, 2.24) is 0 Å². The molecule has 1 aliphatic rings. The summed E-state index contributed by atoms with van der Waals surface area (Å²) in [5, 5.41) is 9.28. The van der Waals surface area contributed by atoms with E-state index in [1.807, 2.05) is 6.07 Å². The molecule has 1 fully saturated rings. The van der Waals surface area contributed by atoms with E-state index in [9.17, 15) is 4.39 Å². The van der Waals surface area contributed by atoms with Crippen molar-refractivity contribution in [2.75, 3.05) is 6.61 Å². The van der Waals surface area contributed by atoms with Gasteiger partial charge < -0.3 is 5.11 Å². The second-order valence-corrected chi connectivity index (χ2v) is 4.49. The van der Waals surface area contributed by atoms with E-state index in [1.165, 1.54) is 6.07 Å². The summed E-state index contributed by atoms with van der Waals surface area (Å²) in [4.78, 5) is 0. The molecule has 0 spiro atoms. The minimum absolute atomic E-state index is 0.0280. The number of rotatable bonds is 3. The molecule has 1 aromatic carbocycles. The summed E-state index contributed by atoms with van der Waals surface area (Å²) in [5.74, 6) is -0.377. The lowest BCUT2D eigenvalue weighted by molar-refractivity contribution is 0.211. The van der Waals surface area contributed by atoms with Crippen molar-refractivity contribution in [2.45, 2.75) is 19.3 Å². The summed E-state index contributed by atoms with van der Waals surface area (Å²) in [6.45, 7) is 0.192.